The number of fused-ring (bicyclic) bond motifs is 1. The zero-order valence-corrected chi connectivity index (χ0v) is 11.1. The minimum atomic E-state index is -0.519. The molecule has 0 saturated heterocycles. The standard InChI is InChI=1S/C13H25FN2/c1-13(2,3)15-10-6-8-9(12(8)14)7-11(10)16(4)5/h8-12,15H,6-7H2,1-5H3/t8?,9-,10+,11+,12+/m0/s1. The molecule has 0 aromatic rings. The molecule has 2 nitrogen and oxygen atoms in total. The van der Waals surface area contributed by atoms with Crippen molar-refractivity contribution < 1.29 is 4.39 Å². The van der Waals surface area contributed by atoms with Gasteiger partial charge in [0, 0.05) is 17.6 Å². The van der Waals surface area contributed by atoms with Crippen molar-refractivity contribution in [1.29, 1.82) is 0 Å². The maximum absolute atomic E-state index is 13.5. The second-order valence-corrected chi connectivity index (χ2v) is 6.78. The van der Waals surface area contributed by atoms with Gasteiger partial charge < -0.3 is 10.2 Å². The Bertz CT molecular complexity index is 259. The molecule has 94 valence electrons. The molecule has 0 spiro atoms. The van der Waals surface area contributed by atoms with Crippen LogP contribution in [0.2, 0.25) is 0 Å². The molecule has 2 aliphatic rings. The highest BCUT2D eigenvalue weighted by molar-refractivity contribution is 5.08. The third-order valence-corrected chi connectivity index (χ3v) is 4.01. The summed E-state index contributed by atoms with van der Waals surface area (Å²) in [6, 6.07) is 0.929. The molecule has 1 unspecified atom stereocenters. The molecule has 16 heavy (non-hydrogen) atoms. The van der Waals surface area contributed by atoms with Crippen LogP contribution in [0, 0.1) is 11.8 Å². The zero-order valence-electron chi connectivity index (χ0n) is 11.1. The molecule has 0 aromatic heterocycles. The minimum Gasteiger partial charge on any atom is -0.308 e. The van der Waals surface area contributed by atoms with Crippen molar-refractivity contribution in [3.05, 3.63) is 0 Å². The number of nitrogens with zero attached hydrogens (tertiary/aromatic N) is 1. The Balaban J connectivity index is 2.02. The smallest absolute Gasteiger partial charge is 0.107 e. The average Bonchev–Trinajstić information content (AvgIpc) is 2.72. The number of likely N-dealkylation sites (N-methyl/N-ethyl adjacent to an activating group) is 1. The van der Waals surface area contributed by atoms with Crippen LogP contribution in [0.4, 0.5) is 4.39 Å². The first kappa shape index (κ1) is 12.3. The lowest BCUT2D eigenvalue weighted by Gasteiger charge is -2.40. The third-order valence-electron chi connectivity index (χ3n) is 4.01. The van der Waals surface area contributed by atoms with E-state index in [1.165, 1.54) is 0 Å². The third kappa shape index (κ3) is 2.40. The first-order chi connectivity index (χ1) is 7.29. The van der Waals surface area contributed by atoms with Crippen LogP contribution < -0.4 is 5.32 Å². The van der Waals surface area contributed by atoms with Gasteiger partial charge in [-0.1, -0.05) is 0 Å². The van der Waals surface area contributed by atoms with Crippen molar-refractivity contribution >= 4 is 0 Å². The van der Waals surface area contributed by atoms with Gasteiger partial charge in [0.05, 0.1) is 0 Å². The Morgan fingerprint density at radius 2 is 1.69 bits per heavy atom. The number of nitrogens with one attached hydrogen (secondary N) is 1. The predicted molar refractivity (Wildman–Crippen MR) is 65.3 cm³/mol. The zero-order chi connectivity index (χ0) is 12.1. The quantitative estimate of drug-likeness (QED) is 0.778. The second-order valence-electron chi connectivity index (χ2n) is 6.78. The van der Waals surface area contributed by atoms with Gasteiger partial charge in [0.15, 0.2) is 0 Å². The lowest BCUT2D eigenvalue weighted by Crippen LogP contribution is -2.55. The lowest BCUT2D eigenvalue weighted by atomic mass is 9.88. The highest BCUT2D eigenvalue weighted by atomic mass is 19.1. The number of rotatable bonds is 2. The summed E-state index contributed by atoms with van der Waals surface area (Å²) in [6.45, 7) is 6.56. The van der Waals surface area contributed by atoms with Crippen LogP contribution in [0.3, 0.4) is 0 Å². The van der Waals surface area contributed by atoms with Gasteiger partial charge in [-0.2, -0.15) is 0 Å². The summed E-state index contributed by atoms with van der Waals surface area (Å²) in [5.41, 5.74) is 0.118. The molecule has 5 atom stereocenters. The summed E-state index contributed by atoms with van der Waals surface area (Å²) in [6.07, 6.45) is 1.51. The van der Waals surface area contributed by atoms with Crippen molar-refractivity contribution in [1.82, 2.24) is 10.2 Å². The summed E-state index contributed by atoms with van der Waals surface area (Å²) in [5.74, 6) is 0.696. The van der Waals surface area contributed by atoms with Crippen LogP contribution >= 0.6 is 0 Å². The van der Waals surface area contributed by atoms with Gasteiger partial charge in [-0.05, 0) is 59.5 Å². The first-order valence-corrected chi connectivity index (χ1v) is 6.38. The molecule has 3 heteroatoms. The Morgan fingerprint density at radius 1 is 1.12 bits per heavy atom. The Hall–Kier alpha value is -0.150. The SMILES string of the molecule is CN(C)[C@@H]1C[C@H]2C(C[C@H]1NC(C)(C)C)[C@H]2F. The fourth-order valence-electron chi connectivity index (χ4n) is 3.18. The van der Waals surface area contributed by atoms with Crippen LogP contribution in [0.15, 0.2) is 0 Å². The van der Waals surface area contributed by atoms with Crippen LogP contribution in [0.5, 0.6) is 0 Å². The van der Waals surface area contributed by atoms with E-state index in [4.69, 9.17) is 0 Å². The van der Waals surface area contributed by atoms with Crippen LogP contribution in [0.25, 0.3) is 0 Å². The summed E-state index contributed by atoms with van der Waals surface area (Å²) in [5, 5.41) is 3.66. The molecule has 0 bridgehead atoms. The summed E-state index contributed by atoms with van der Waals surface area (Å²) in [4.78, 5) is 2.25. The molecule has 2 fully saturated rings. The van der Waals surface area contributed by atoms with Gasteiger partial charge in [-0.15, -0.1) is 0 Å². The largest absolute Gasteiger partial charge is 0.308 e. The molecule has 0 heterocycles. The molecular formula is C13H25FN2. The van der Waals surface area contributed by atoms with Crippen molar-refractivity contribution in [2.45, 2.75) is 57.4 Å². The van der Waals surface area contributed by atoms with E-state index in [0.29, 0.717) is 23.9 Å². The fourth-order valence-corrected chi connectivity index (χ4v) is 3.18. The molecule has 2 saturated carbocycles. The van der Waals surface area contributed by atoms with Crippen molar-refractivity contribution in [2.24, 2.45) is 11.8 Å². The van der Waals surface area contributed by atoms with Crippen LogP contribution in [0.1, 0.15) is 33.6 Å². The van der Waals surface area contributed by atoms with Crippen molar-refractivity contribution in [3.8, 4) is 0 Å². The summed E-state index contributed by atoms with van der Waals surface area (Å²) >= 11 is 0. The number of alkyl halides is 1. The average molecular weight is 228 g/mol. The molecule has 2 aliphatic carbocycles. The van der Waals surface area contributed by atoms with Gasteiger partial charge in [0.25, 0.3) is 0 Å². The monoisotopic (exact) mass is 228 g/mol. The van der Waals surface area contributed by atoms with Gasteiger partial charge >= 0.3 is 0 Å². The predicted octanol–water partition coefficient (Wildman–Crippen LogP) is 2.05. The summed E-state index contributed by atoms with van der Waals surface area (Å²) < 4.78 is 13.5. The van der Waals surface area contributed by atoms with E-state index in [1.807, 2.05) is 0 Å². The molecule has 0 aromatic carbocycles. The van der Waals surface area contributed by atoms with Crippen molar-refractivity contribution in [3.63, 3.8) is 0 Å². The molecular weight excluding hydrogens is 203 g/mol. The van der Waals surface area contributed by atoms with Gasteiger partial charge in [0.2, 0.25) is 0 Å². The van der Waals surface area contributed by atoms with Crippen molar-refractivity contribution in [2.75, 3.05) is 14.1 Å². The highest BCUT2D eigenvalue weighted by Crippen LogP contribution is 2.52. The molecule has 2 rings (SSSR count). The van der Waals surface area contributed by atoms with Crippen LogP contribution in [-0.2, 0) is 0 Å². The summed E-state index contributed by atoms with van der Waals surface area (Å²) in [7, 11) is 4.22. The maximum Gasteiger partial charge on any atom is 0.107 e. The minimum absolute atomic E-state index is 0.118. The highest BCUT2D eigenvalue weighted by Gasteiger charge is 2.57. The van der Waals surface area contributed by atoms with E-state index in [2.05, 4.69) is 45.1 Å². The van der Waals surface area contributed by atoms with E-state index in [-0.39, 0.29) is 5.54 Å². The lowest BCUT2D eigenvalue weighted by molar-refractivity contribution is 0.150. The molecule has 1 N–H and O–H groups in total. The van der Waals surface area contributed by atoms with Gasteiger partial charge in [-0.25, -0.2) is 4.39 Å². The van der Waals surface area contributed by atoms with Gasteiger partial charge in [-0.3, -0.25) is 0 Å². The van der Waals surface area contributed by atoms with Crippen LogP contribution in [-0.4, -0.2) is 42.8 Å². The van der Waals surface area contributed by atoms with E-state index >= 15 is 0 Å². The van der Waals surface area contributed by atoms with E-state index < -0.39 is 6.17 Å². The fraction of sp³-hybridized carbons (Fsp3) is 1.00. The van der Waals surface area contributed by atoms with E-state index in [1.54, 1.807) is 0 Å². The molecule has 0 radical (unpaired) electrons. The van der Waals surface area contributed by atoms with E-state index in [0.717, 1.165) is 12.8 Å². The Morgan fingerprint density at radius 3 is 2.19 bits per heavy atom. The number of hydrogen-bond acceptors (Lipinski definition) is 2. The Kier molecular flexibility index (Phi) is 3.04. The molecule has 0 amide bonds. The van der Waals surface area contributed by atoms with Gasteiger partial charge in [0.1, 0.15) is 6.17 Å². The Labute approximate surface area is 98.6 Å². The normalized spacial score (nSPS) is 43.3. The number of halogens is 1. The molecule has 0 aliphatic heterocycles. The van der Waals surface area contributed by atoms with E-state index in [9.17, 15) is 4.39 Å². The maximum atomic E-state index is 13.5. The first-order valence-electron chi connectivity index (χ1n) is 6.38. The second kappa shape index (κ2) is 3.95. The number of hydrogen-bond donors (Lipinski definition) is 1. The topological polar surface area (TPSA) is 15.3 Å².